The molecule has 3 heterocycles. The quantitative estimate of drug-likeness (QED) is 0.458. The van der Waals surface area contributed by atoms with E-state index in [1.165, 1.54) is 0 Å². The van der Waals surface area contributed by atoms with Crippen LogP contribution in [0.2, 0.25) is 0 Å². The van der Waals surface area contributed by atoms with Crippen LogP contribution in [0.4, 0.5) is 0 Å². The molecule has 3 aliphatic heterocycles. The molecule has 2 fully saturated rings. The predicted molar refractivity (Wildman–Crippen MR) is 145 cm³/mol. The summed E-state index contributed by atoms with van der Waals surface area (Å²) in [7, 11) is 0. The Morgan fingerprint density at radius 1 is 0.975 bits per heavy atom. The van der Waals surface area contributed by atoms with Crippen molar-refractivity contribution in [1.82, 2.24) is 15.5 Å². The van der Waals surface area contributed by atoms with Crippen LogP contribution >= 0.6 is 0 Å². The number of aliphatic carboxylic acids is 1. The van der Waals surface area contributed by atoms with Gasteiger partial charge in [0, 0.05) is 32.5 Å². The van der Waals surface area contributed by atoms with E-state index in [9.17, 15) is 29.4 Å². The number of nitrogens with zero attached hydrogens (tertiary/aromatic N) is 1. The number of nitrogens with one attached hydrogen (secondary N) is 2. The van der Waals surface area contributed by atoms with E-state index in [1.807, 2.05) is 24.3 Å². The molecule has 4 N–H and O–H groups in total. The standard InChI is InChI=1S/C30H35N3O7/c34-19-30(9-10-30)28(39)33-14-11-29(12-15-33)18-21-2-1-3-23(16-21)40-22-6-4-20(5-7-22)17-24(26(36)37)32-25(35)8-13-31-27(29)38/h1-7,16,24,34H,8-15,17-19H2,(H,31,38)(H,32,35)(H,36,37)/t24-/m0/s1. The lowest BCUT2D eigenvalue weighted by atomic mass is 9.72. The summed E-state index contributed by atoms with van der Waals surface area (Å²) in [5.41, 5.74) is 0.191. The van der Waals surface area contributed by atoms with Gasteiger partial charge in [-0.05, 0) is 67.5 Å². The lowest BCUT2D eigenvalue weighted by Crippen LogP contribution is -2.53. The third-order valence-corrected chi connectivity index (χ3v) is 8.41. The number of benzene rings is 2. The Labute approximate surface area is 232 Å². The monoisotopic (exact) mass is 549 g/mol. The van der Waals surface area contributed by atoms with E-state index in [0.717, 1.165) is 11.1 Å². The molecule has 10 heteroatoms. The summed E-state index contributed by atoms with van der Waals surface area (Å²) in [5.74, 6) is -0.656. The van der Waals surface area contributed by atoms with Gasteiger partial charge in [0.1, 0.15) is 17.5 Å². The summed E-state index contributed by atoms with van der Waals surface area (Å²) >= 11 is 0. The summed E-state index contributed by atoms with van der Waals surface area (Å²) < 4.78 is 6.05. The summed E-state index contributed by atoms with van der Waals surface area (Å²) in [4.78, 5) is 52.8. The van der Waals surface area contributed by atoms with Gasteiger partial charge in [-0.15, -0.1) is 0 Å². The van der Waals surface area contributed by atoms with Crippen LogP contribution in [0, 0.1) is 10.8 Å². The Hall–Kier alpha value is -3.92. The number of rotatable bonds is 3. The molecule has 4 bridgehead atoms. The molecule has 6 rings (SSSR count). The van der Waals surface area contributed by atoms with Gasteiger partial charge < -0.3 is 30.5 Å². The van der Waals surface area contributed by atoms with Gasteiger partial charge in [0.25, 0.3) is 0 Å². The molecule has 2 aromatic carbocycles. The van der Waals surface area contributed by atoms with Crippen LogP contribution in [0.15, 0.2) is 48.5 Å². The van der Waals surface area contributed by atoms with Crippen molar-refractivity contribution in [3.05, 3.63) is 59.7 Å². The number of hydrogen-bond donors (Lipinski definition) is 4. The second kappa shape index (κ2) is 11.3. The first-order chi connectivity index (χ1) is 19.2. The molecular weight excluding hydrogens is 514 g/mol. The van der Waals surface area contributed by atoms with E-state index in [2.05, 4.69) is 10.6 Å². The molecule has 1 atom stereocenters. The minimum absolute atomic E-state index is 0.0449. The zero-order valence-electron chi connectivity index (χ0n) is 22.4. The van der Waals surface area contributed by atoms with Crippen molar-refractivity contribution in [3.8, 4) is 11.5 Å². The number of aliphatic hydroxyl groups excluding tert-OH is 1. The topological polar surface area (TPSA) is 145 Å². The van der Waals surface area contributed by atoms with Crippen LogP contribution in [0.1, 0.15) is 43.2 Å². The fourth-order valence-corrected chi connectivity index (χ4v) is 5.67. The second-order valence-corrected chi connectivity index (χ2v) is 11.2. The molecule has 2 aromatic rings. The summed E-state index contributed by atoms with van der Waals surface area (Å²) in [5, 5.41) is 24.8. The Balaban J connectivity index is 1.40. The van der Waals surface area contributed by atoms with Gasteiger partial charge in [-0.2, -0.15) is 0 Å². The third kappa shape index (κ3) is 5.96. The van der Waals surface area contributed by atoms with Gasteiger partial charge in [0.15, 0.2) is 0 Å². The molecule has 4 aliphatic rings. The van der Waals surface area contributed by atoms with E-state index >= 15 is 0 Å². The number of carboxylic acid groups (broad SMARTS) is 1. The number of ether oxygens (including phenoxy) is 1. The highest BCUT2D eigenvalue weighted by Crippen LogP contribution is 2.48. The summed E-state index contributed by atoms with van der Waals surface area (Å²) in [6.45, 7) is 0.704. The van der Waals surface area contributed by atoms with Crippen LogP contribution in [-0.2, 0) is 32.0 Å². The van der Waals surface area contributed by atoms with Crippen molar-refractivity contribution in [3.63, 3.8) is 0 Å². The molecule has 3 amide bonds. The number of amides is 3. The van der Waals surface area contributed by atoms with Gasteiger partial charge in [-0.3, -0.25) is 14.4 Å². The first-order valence-corrected chi connectivity index (χ1v) is 13.8. The fraction of sp³-hybridized carbons (Fsp3) is 0.467. The molecule has 1 aliphatic carbocycles. The molecule has 1 saturated heterocycles. The number of piperidine rings is 1. The van der Waals surface area contributed by atoms with Crippen molar-refractivity contribution in [1.29, 1.82) is 0 Å². The van der Waals surface area contributed by atoms with E-state index in [-0.39, 0.29) is 37.8 Å². The average Bonchev–Trinajstić information content (AvgIpc) is 3.75. The fourth-order valence-electron chi connectivity index (χ4n) is 5.67. The smallest absolute Gasteiger partial charge is 0.326 e. The summed E-state index contributed by atoms with van der Waals surface area (Å²) in [6, 6.07) is 13.5. The Morgan fingerprint density at radius 3 is 2.35 bits per heavy atom. The van der Waals surface area contributed by atoms with Crippen molar-refractivity contribution in [2.45, 2.75) is 51.0 Å². The van der Waals surface area contributed by atoms with E-state index in [0.29, 0.717) is 56.7 Å². The van der Waals surface area contributed by atoms with E-state index in [4.69, 9.17) is 4.74 Å². The largest absolute Gasteiger partial charge is 0.480 e. The number of carboxylic acids is 1. The zero-order chi connectivity index (χ0) is 28.3. The first kappa shape index (κ1) is 27.6. The van der Waals surface area contributed by atoms with Crippen LogP contribution in [-0.4, -0.2) is 71.1 Å². The predicted octanol–water partition coefficient (Wildman–Crippen LogP) is 2.03. The highest BCUT2D eigenvalue weighted by atomic mass is 16.5. The molecule has 0 radical (unpaired) electrons. The number of carbonyl (C=O) groups is 4. The Bertz CT molecular complexity index is 1280. The molecule has 0 unspecified atom stereocenters. The van der Waals surface area contributed by atoms with Gasteiger partial charge in [-0.25, -0.2) is 4.79 Å². The highest BCUT2D eigenvalue weighted by Gasteiger charge is 2.53. The average molecular weight is 550 g/mol. The molecule has 0 aromatic heterocycles. The van der Waals surface area contributed by atoms with Crippen molar-refractivity contribution in [2.24, 2.45) is 10.8 Å². The SMILES string of the molecule is O=C1CCNC(=O)C2(CCN(C(=O)C3(CO)CC3)CC2)Cc2cccc(c2)Oc2ccc(cc2)C[C@@H](C(=O)O)N1. The lowest BCUT2D eigenvalue weighted by molar-refractivity contribution is -0.145. The Morgan fingerprint density at radius 2 is 1.70 bits per heavy atom. The number of carbonyl (C=O) groups excluding carboxylic acids is 3. The second-order valence-electron chi connectivity index (χ2n) is 11.2. The number of fused-ring (bicyclic) bond motifs is 9. The number of aliphatic hydroxyl groups is 1. The molecular formula is C30H35N3O7. The van der Waals surface area contributed by atoms with Crippen molar-refractivity contribution < 1.29 is 34.1 Å². The van der Waals surface area contributed by atoms with Gasteiger partial charge in [-0.1, -0.05) is 24.3 Å². The minimum atomic E-state index is -1.14. The van der Waals surface area contributed by atoms with E-state index < -0.39 is 28.7 Å². The van der Waals surface area contributed by atoms with Gasteiger partial charge in [0.05, 0.1) is 17.4 Å². The first-order valence-electron chi connectivity index (χ1n) is 13.8. The molecule has 10 nitrogen and oxygen atoms in total. The highest BCUT2D eigenvalue weighted by molar-refractivity contribution is 5.87. The maximum absolute atomic E-state index is 13.7. The number of likely N-dealkylation sites (tertiary alicyclic amines) is 1. The molecule has 1 saturated carbocycles. The normalized spacial score (nSPS) is 22.3. The van der Waals surface area contributed by atoms with Crippen molar-refractivity contribution in [2.75, 3.05) is 26.2 Å². The third-order valence-electron chi connectivity index (χ3n) is 8.41. The molecule has 40 heavy (non-hydrogen) atoms. The van der Waals surface area contributed by atoms with E-state index in [1.54, 1.807) is 29.2 Å². The summed E-state index contributed by atoms with van der Waals surface area (Å²) in [6.07, 6.45) is 2.72. The van der Waals surface area contributed by atoms with Crippen LogP contribution in [0.5, 0.6) is 11.5 Å². The maximum atomic E-state index is 13.7. The van der Waals surface area contributed by atoms with Gasteiger partial charge >= 0.3 is 5.97 Å². The van der Waals surface area contributed by atoms with Crippen LogP contribution in [0.3, 0.4) is 0 Å². The van der Waals surface area contributed by atoms with Crippen molar-refractivity contribution >= 4 is 23.7 Å². The van der Waals surface area contributed by atoms with Gasteiger partial charge in [0.2, 0.25) is 17.7 Å². The maximum Gasteiger partial charge on any atom is 0.326 e. The zero-order valence-corrected chi connectivity index (χ0v) is 22.4. The minimum Gasteiger partial charge on any atom is -0.480 e. The number of hydrogen-bond acceptors (Lipinski definition) is 6. The molecule has 1 spiro atoms. The van der Waals surface area contributed by atoms with Crippen LogP contribution < -0.4 is 15.4 Å². The van der Waals surface area contributed by atoms with Crippen LogP contribution in [0.25, 0.3) is 0 Å². The lowest BCUT2D eigenvalue weighted by Gasteiger charge is -2.42. The molecule has 212 valence electrons. The Kier molecular flexibility index (Phi) is 7.80.